The average molecular weight is 241 g/mol. The topological polar surface area (TPSA) is 71.2 Å². The Morgan fingerprint density at radius 2 is 2.31 bits per heavy atom. The molecule has 4 N–H and O–H groups in total. The first kappa shape index (κ1) is 11.7. The molecule has 0 atom stereocenters. The molecule has 4 nitrogen and oxygen atoms in total. The molecule has 16 heavy (non-hydrogen) atoms. The number of hydrogen-bond donors (Lipinski definition) is 3. The molecule has 1 saturated carbocycles. The van der Waals surface area contributed by atoms with Gasteiger partial charge >= 0.3 is 0 Å². The first-order chi connectivity index (χ1) is 7.63. The van der Waals surface area contributed by atoms with Crippen LogP contribution in [-0.2, 0) is 0 Å². The van der Waals surface area contributed by atoms with E-state index in [9.17, 15) is 5.11 Å². The minimum Gasteiger partial charge on any atom is -0.394 e. The molecule has 1 aromatic heterocycles. The van der Waals surface area contributed by atoms with E-state index in [2.05, 4.69) is 17.2 Å². The highest BCUT2D eigenvalue weighted by atomic mass is 32.1. The number of nitrogen functional groups attached to an aromatic ring is 1. The highest BCUT2D eigenvalue weighted by Gasteiger charge is 2.34. The fourth-order valence-corrected chi connectivity index (χ4v) is 2.91. The highest BCUT2D eigenvalue weighted by molar-refractivity contribution is 7.19. The van der Waals surface area contributed by atoms with Crippen molar-refractivity contribution < 1.29 is 5.11 Å². The number of nitrogens with zero attached hydrogens (tertiary/aromatic N) is 1. The Morgan fingerprint density at radius 1 is 1.62 bits per heavy atom. The minimum atomic E-state index is -0.184. The molecule has 5 heteroatoms. The Labute approximate surface area is 99.9 Å². The molecule has 0 bridgehead atoms. The third-order valence-electron chi connectivity index (χ3n) is 3.43. The average Bonchev–Trinajstić information content (AvgIpc) is 2.68. The van der Waals surface area contributed by atoms with Crippen LogP contribution in [0, 0.1) is 5.92 Å². The predicted molar refractivity (Wildman–Crippen MR) is 67.6 cm³/mol. The first-order valence-corrected chi connectivity index (χ1v) is 6.55. The molecule has 1 heterocycles. The Bertz CT molecular complexity index is 345. The number of rotatable bonds is 3. The number of aliphatic hydroxyl groups excluding tert-OH is 1. The number of thiazole rings is 1. The Kier molecular flexibility index (Phi) is 3.35. The van der Waals surface area contributed by atoms with Crippen LogP contribution in [0.3, 0.4) is 0 Å². The molecular weight excluding hydrogens is 222 g/mol. The second-order valence-corrected chi connectivity index (χ2v) is 5.88. The lowest BCUT2D eigenvalue weighted by Gasteiger charge is -2.38. The van der Waals surface area contributed by atoms with Gasteiger partial charge in [-0.05, 0) is 31.6 Å². The van der Waals surface area contributed by atoms with Gasteiger partial charge in [-0.3, -0.25) is 0 Å². The fourth-order valence-electron chi connectivity index (χ4n) is 2.21. The van der Waals surface area contributed by atoms with E-state index < -0.39 is 0 Å². The summed E-state index contributed by atoms with van der Waals surface area (Å²) in [6.45, 7) is 2.43. The van der Waals surface area contributed by atoms with Crippen LogP contribution in [0.25, 0.3) is 0 Å². The first-order valence-electron chi connectivity index (χ1n) is 5.74. The van der Waals surface area contributed by atoms with Gasteiger partial charge in [0.15, 0.2) is 5.13 Å². The molecule has 0 amide bonds. The van der Waals surface area contributed by atoms with Crippen molar-refractivity contribution >= 4 is 21.5 Å². The van der Waals surface area contributed by atoms with Crippen molar-refractivity contribution in [2.45, 2.75) is 38.1 Å². The summed E-state index contributed by atoms with van der Waals surface area (Å²) in [7, 11) is 0. The summed E-state index contributed by atoms with van der Waals surface area (Å²) in [5.74, 6) is 0.767. The van der Waals surface area contributed by atoms with Crippen LogP contribution in [0.4, 0.5) is 10.1 Å². The second kappa shape index (κ2) is 4.59. The van der Waals surface area contributed by atoms with Crippen LogP contribution in [0.15, 0.2) is 6.20 Å². The Hall–Kier alpha value is -0.810. The summed E-state index contributed by atoms with van der Waals surface area (Å²) >= 11 is 1.44. The van der Waals surface area contributed by atoms with Crippen molar-refractivity contribution in [2.75, 3.05) is 17.7 Å². The van der Waals surface area contributed by atoms with E-state index in [0.29, 0.717) is 5.00 Å². The maximum absolute atomic E-state index is 9.58. The Morgan fingerprint density at radius 3 is 2.81 bits per heavy atom. The van der Waals surface area contributed by atoms with Gasteiger partial charge in [0.1, 0.15) is 5.00 Å². The van der Waals surface area contributed by atoms with Gasteiger partial charge in [0.05, 0.1) is 18.3 Å². The number of nitrogens with two attached hydrogens (primary N) is 1. The third kappa shape index (κ3) is 2.47. The summed E-state index contributed by atoms with van der Waals surface area (Å²) in [6.07, 6.45) is 5.99. The monoisotopic (exact) mass is 241 g/mol. The molecule has 1 aliphatic rings. The van der Waals surface area contributed by atoms with Gasteiger partial charge in [0, 0.05) is 0 Å². The molecule has 0 spiro atoms. The zero-order chi connectivity index (χ0) is 11.6. The number of anilines is 2. The number of aliphatic hydroxyl groups is 1. The van der Waals surface area contributed by atoms with Gasteiger partial charge in [-0.25, -0.2) is 4.98 Å². The third-order valence-corrected chi connectivity index (χ3v) is 4.17. The highest BCUT2D eigenvalue weighted by Crippen LogP contribution is 2.35. The largest absolute Gasteiger partial charge is 0.394 e. The van der Waals surface area contributed by atoms with E-state index in [0.717, 1.165) is 36.7 Å². The lowest BCUT2D eigenvalue weighted by Crippen LogP contribution is -2.45. The van der Waals surface area contributed by atoms with Crippen LogP contribution < -0.4 is 11.1 Å². The smallest absolute Gasteiger partial charge is 0.185 e. The molecule has 0 saturated heterocycles. The predicted octanol–water partition coefficient (Wildman–Crippen LogP) is 2.08. The molecule has 1 fully saturated rings. The lowest BCUT2D eigenvalue weighted by molar-refractivity contribution is 0.155. The summed E-state index contributed by atoms with van der Waals surface area (Å²) < 4.78 is 0. The van der Waals surface area contributed by atoms with Crippen molar-refractivity contribution in [2.24, 2.45) is 5.92 Å². The molecule has 1 aromatic rings. The molecule has 2 rings (SSSR count). The quantitative estimate of drug-likeness (QED) is 0.757. The maximum atomic E-state index is 9.58. The van der Waals surface area contributed by atoms with Crippen molar-refractivity contribution in [3.63, 3.8) is 0 Å². The molecule has 0 aliphatic heterocycles. The zero-order valence-corrected chi connectivity index (χ0v) is 10.4. The van der Waals surface area contributed by atoms with Crippen LogP contribution in [-0.4, -0.2) is 22.2 Å². The zero-order valence-electron chi connectivity index (χ0n) is 9.57. The number of hydrogen-bond acceptors (Lipinski definition) is 5. The standard InChI is InChI=1S/C11H19N3OS/c1-8-2-4-11(7-15,5-3-8)14-10-13-6-9(12)16-10/h6,8,15H,2-5,7,12H2,1H3,(H,13,14). The van der Waals surface area contributed by atoms with Gasteiger partial charge in [-0.2, -0.15) is 0 Å². The van der Waals surface area contributed by atoms with Gasteiger partial charge in [-0.1, -0.05) is 18.3 Å². The van der Waals surface area contributed by atoms with Gasteiger partial charge in [0.2, 0.25) is 0 Å². The van der Waals surface area contributed by atoms with Crippen LogP contribution in [0.1, 0.15) is 32.6 Å². The van der Waals surface area contributed by atoms with Gasteiger partial charge in [-0.15, -0.1) is 0 Å². The van der Waals surface area contributed by atoms with Crippen molar-refractivity contribution in [1.29, 1.82) is 0 Å². The van der Waals surface area contributed by atoms with E-state index in [-0.39, 0.29) is 12.1 Å². The minimum absolute atomic E-state index is 0.166. The van der Waals surface area contributed by atoms with Crippen LogP contribution in [0.5, 0.6) is 0 Å². The number of aromatic nitrogens is 1. The van der Waals surface area contributed by atoms with Crippen LogP contribution >= 0.6 is 11.3 Å². The molecule has 0 aromatic carbocycles. The van der Waals surface area contributed by atoms with Gasteiger partial charge in [0.25, 0.3) is 0 Å². The normalized spacial score (nSPS) is 30.2. The summed E-state index contributed by atoms with van der Waals surface area (Å²) in [6, 6.07) is 0. The van der Waals surface area contributed by atoms with E-state index in [1.54, 1.807) is 6.20 Å². The molecule has 0 unspecified atom stereocenters. The van der Waals surface area contributed by atoms with Crippen molar-refractivity contribution in [3.05, 3.63) is 6.20 Å². The maximum Gasteiger partial charge on any atom is 0.185 e. The van der Waals surface area contributed by atoms with E-state index >= 15 is 0 Å². The number of nitrogens with one attached hydrogen (secondary N) is 1. The molecule has 0 radical (unpaired) electrons. The van der Waals surface area contributed by atoms with Crippen LogP contribution in [0.2, 0.25) is 0 Å². The van der Waals surface area contributed by atoms with Crippen molar-refractivity contribution in [3.8, 4) is 0 Å². The SMILES string of the molecule is CC1CCC(CO)(Nc2ncc(N)s2)CC1. The second-order valence-electron chi connectivity index (χ2n) is 4.81. The Balaban J connectivity index is 2.04. The van der Waals surface area contributed by atoms with E-state index in [1.165, 1.54) is 11.3 Å². The fraction of sp³-hybridized carbons (Fsp3) is 0.727. The van der Waals surface area contributed by atoms with Gasteiger partial charge < -0.3 is 16.2 Å². The van der Waals surface area contributed by atoms with E-state index in [4.69, 9.17) is 5.73 Å². The molecular formula is C11H19N3OS. The molecule has 1 aliphatic carbocycles. The molecule has 90 valence electrons. The summed E-state index contributed by atoms with van der Waals surface area (Å²) in [4.78, 5) is 4.19. The lowest BCUT2D eigenvalue weighted by atomic mass is 9.78. The van der Waals surface area contributed by atoms with Crippen molar-refractivity contribution in [1.82, 2.24) is 4.98 Å². The summed E-state index contributed by atoms with van der Waals surface area (Å²) in [5.41, 5.74) is 5.46. The van der Waals surface area contributed by atoms with E-state index in [1.807, 2.05) is 0 Å². The summed E-state index contributed by atoms with van der Waals surface area (Å²) in [5, 5.41) is 14.5.